The predicted octanol–water partition coefficient (Wildman–Crippen LogP) is 3.02. The first kappa shape index (κ1) is 18.2. The maximum absolute atomic E-state index is 5.98. The van der Waals surface area contributed by atoms with Crippen LogP contribution < -0.4 is 4.74 Å². The van der Waals surface area contributed by atoms with Crippen molar-refractivity contribution in [3.63, 3.8) is 0 Å². The van der Waals surface area contributed by atoms with Gasteiger partial charge in [-0.15, -0.1) is 0 Å². The first-order valence-corrected chi connectivity index (χ1v) is 8.58. The first-order valence-electron chi connectivity index (χ1n) is 8.58. The number of hydrogen-bond acceptors (Lipinski definition) is 4. The second-order valence-electron chi connectivity index (χ2n) is 7.16. The minimum Gasteiger partial charge on any atom is -0.491 e. The maximum atomic E-state index is 5.98. The normalized spacial score (nSPS) is 16.5. The zero-order valence-corrected chi connectivity index (χ0v) is 15.1. The van der Waals surface area contributed by atoms with Crippen molar-refractivity contribution in [3.05, 3.63) is 29.3 Å². The van der Waals surface area contributed by atoms with Gasteiger partial charge in [-0.3, -0.25) is 4.90 Å². The zero-order chi connectivity index (χ0) is 16.7. The summed E-state index contributed by atoms with van der Waals surface area (Å²) in [5.74, 6) is 0.981. The van der Waals surface area contributed by atoms with Crippen LogP contribution in [-0.4, -0.2) is 57.6 Å². The lowest BCUT2D eigenvalue weighted by Crippen LogP contribution is -2.38. The third-order valence-corrected chi connectivity index (χ3v) is 4.09. The van der Waals surface area contributed by atoms with Crippen molar-refractivity contribution in [1.82, 2.24) is 4.90 Å². The molecule has 1 heterocycles. The van der Waals surface area contributed by atoms with Gasteiger partial charge in [-0.2, -0.15) is 0 Å². The lowest BCUT2D eigenvalue weighted by Gasteiger charge is -2.26. The summed E-state index contributed by atoms with van der Waals surface area (Å²) in [5.41, 5.74) is 2.55. The van der Waals surface area contributed by atoms with Crippen molar-refractivity contribution in [2.24, 2.45) is 0 Å². The Morgan fingerprint density at radius 3 is 2.52 bits per heavy atom. The second kappa shape index (κ2) is 8.67. The van der Waals surface area contributed by atoms with Gasteiger partial charge in [-0.05, 0) is 29.5 Å². The molecule has 0 aromatic heterocycles. The summed E-state index contributed by atoms with van der Waals surface area (Å²) in [6.07, 6.45) is 0. The molecule has 0 bridgehead atoms. The number of rotatable bonds is 7. The van der Waals surface area contributed by atoms with Gasteiger partial charge in [0.05, 0.1) is 26.4 Å². The van der Waals surface area contributed by atoms with Gasteiger partial charge in [-0.1, -0.05) is 32.9 Å². The van der Waals surface area contributed by atoms with E-state index in [0.29, 0.717) is 13.2 Å². The Hall–Kier alpha value is -1.10. The molecule has 1 aromatic rings. The quantitative estimate of drug-likeness (QED) is 0.722. The average molecular weight is 321 g/mol. The lowest BCUT2D eigenvalue weighted by atomic mass is 9.86. The minimum atomic E-state index is 0.0836. The Morgan fingerprint density at radius 2 is 1.83 bits per heavy atom. The Kier molecular flexibility index (Phi) is 6.88. The minimum absolute atomic E-state index is 0.0836. The molecule has 0 spiro atoms. The largest absolute Gasteiger partial charge is 0.491 e. The summed E-state index contributed by atoms with van der Waals surface area (Å²) in [6, 6.07) is 6.44. The van der Waals surface area contributed by atoms with Crippen LogP contribution in [0.1, 0.15) is 31.9 Å². The molecule has 0 atom stereocenters. The second-order valence-corrected chi connectivity index (χ2v) is 7.16. The molecular weight excluding hydrogens is 290 g/mol. The first-order chi connectivity index (χ1) is 11.0. The van der Waals surface area contributed by atoms with Crippen LogP contribution in [0.25, 0.3) is 0 Å². The van der Waals surface area contributed by atoms with E-state index in [1.807, 2.05) is 0 Å². The molecule has 1 aliphatic heterocycles. The molecule has 0 saturated carbocycles. The number of hydrogen-bond donors (Lipinski definition) is 0. The third-order valence-electron chi connectivity index (χ3n) is 4.09. The molecule has 130 valence electrons. The third kappa shape index (κ3) is 6.13. The highest BCUT2D eigenvalue weighted by Crippen LogP contribution is 2.31. The van der Waals surface area contributed by atoms with Crippen LogP contribution in [0.2, 0.25) is 0 Å². The van der Waals surface area contributed by atoms with E-state index in [4.69, 9.17) is 14.2 Å². The van der Waals surface area contributed by atoms with Crippen LogP contribution >= 0.6 is 0 Å². The number of morpholine rings is 1. The summed E-state index contributed by atoms with van der Waals surface area (Å²) in [6.45, 7) is 15.4. The van der Waals surface area contributed by atoms with Crippen LogP contribution in [0.15, 0.2) is 18.2 Å². The van der Waals surface area contributed by atoms with E-state index in [9.17, 15) is 0 Å². The van der Waals surface area contributed by atoms with Crippen molar-refractivity contribution in [1.29, 1.82) is 0 Å². The molecule has 0 amide bonds. The number of aryl methyl sites for hydroxylation is 1. The molecule has 1 saturated heterocycles. The summed E-state index contributed by atoms with van der Waals surface area (Å²) < 4.78 is 17.0. The zero-order valence-electron chi connectivity index (χ0n) is 15.1. The van der Waals surface area contributed by atoms with Gasteiger partial charge in [0.15, 0.2) is 0 Å². The van der Waals surface area contributed by atoms with Crippen LogP contribution in [0.5, 0.6) is 5.75 Å². The topological polar surface area (TPSA) is 30.9 Å². The molecule has 1 fully saturated rings. The van der Waals surface area contributed by atoms with Crippen molar-refractivity contribution < 1.29 is 14.2 Å². The molecule has 4 nitrogen and oxygen atoms in total. The summed E-state index contributed by atoms with van der Waals surface area (Å²) >= 11 is 0. The Bertz CT molecular complexity index is 476. The monoisotopic (exact) mass is 321 g/mol. The molecule has 1 aliphatic rings. The standard InChI is InChI=1S/C19H31NO3/c1-16-5-6-17(19(2,3)4)18(15-16)23-14-13-22-12-9-20-7-10-21-11-8-20/h5-6,15H,7-14H2,1-4H3. The van der Waals surface area contributed by atoms with Crippen LogP contribution in [0, 0.1) is 6.92 Å². The fourth-order valence-electron chi connectivity index (χ4n) is 2.70. The molecule has 23 heavy (non-hydrogen) atoms. The van der Waals surface area contributed by atoms with Crippen molar-refractivity contribution >= 4 is 0 Å². The fourth-order valence-corrected chi connectivity index (χ4v) is 2.70. The van der Waals surface area contributed by atoms with Gasteiger partial charge in [-0.25, -0.2) is 0 Å². The Labute approximate surface area is 140 Å². The van der Waals surface area contributed by atoms with E-state index < -0.39 is 0 Å². The molecule has 0 radical (unpaired) electrons. The van der Waals surface area contributed by atoms with E-state index in [1.165, 1.54) is 11.1 Å². The van der Waals surface area contributed by atoms with Gasteiger partial charge in [0.2, 0.25) is 0 Å². The molecule has 0 unspecified atom stereocenters. The van der Waals surface area contributed by atoms with E-state index >= 15 is 0 Å². The van der Waals surface area contributed by atoms with Gasteiger partial charge >= 0.3 is 0 Å². The van der Waals surface area contributed by atoms with Crippen molar-refractivity contribution in [2.75, 3.05) is 52.7 Å². The summed E-state index contributed by atoms with van der Waals surface area (Å²) in [7, 11) is 0. The smallest absolute Gasteiger partial charge is 0.123 e. The van der Waals surface area contributed by atoms with E-state index in [0.717, 1.165) is 45.2 Å². The number of benzene rings is 1. The average Bonchev–Trinajstić information content (AvgIpc) is 2.50. The maximum Gasteiger partial charge on any atom is 0.123 e. The van der Waals surface area contributed by atoms with Crippen molar-refractivity contribution in [3.8, 4) is 5.75 Å². The molecule has 2 rings (SSSR count). The molecule has 1 aromatic carbocycles. The number of ether oxygens (including phenoxy) is 3. The molecule has 0 aliphatic carbocycles. The Morgan fingerprint density at radius 1 is 1.09 bits per heavy atom. The summed E-state index contributed by atoms with van der Waals surface area (Å²) in [4.78, 5) is 2.38. The van der Waals surface area contributed by atoms with Gasteiger partial charge in [0.25, 0.3) is 0 Å². The highest BCUT2D eigenvalue weighted by molar-refractivity contribution is 5.41. The van der Waals surface area contributed by atoms with Crippen molar-refractivity contribution in [2.45, 2.75) is 33.1 Å². The van der Waals surface area contributed by atoms with E-state index in [1.54, 1.807) is 0 Å². The number of nitrogens with zero attached hydrogens (tertiary/aromatic N) is 1. The van der Waals surface area contributed by atoms with E-state index in [2.05, 4.69) is 50.8 Å². The van der Waals surface area contributed by atoms with Gasteiger partial charge in [0, 0.05) is 19.6 Å². The highest BCUT2D eigenvalue weighted by atomic mass is 16.5. The SMILES string of the molecule is Cc1ccc(C(C)(C)C)c(OCCOCCN2CCOCC2)c1. The fraction of sp³-hybridized carbons (Fsp3) is 0.684. The molecule has 4 heteroatoms. The molecule has 0 N–H and O–H groups in total. The van der Waals surface area contributed by atoms with Gasteiger partial charge < -0.3 is 14.2 Å². The molecular formula is C19H31NO3. The van der Waals surface area contributed by atoms with Crippen LogP contribution in [-0.2, 0) is 14.9 Å². The Balaban J connectivity index is 1.70. The highest BCUT2D eigenvalue weighted by Gasteiger charge is 2.18. The summed E-state index contributed by atoms with van der Waals surface area (Å²) in [5, 5.41) is 0. The van der Waals surface area contributed by atoms with E-state index in [-0.39, 0.29) is 5.41 Å². The predicted molar refractivity (Wildman–Crippen MR) is 93.5 cm³/mol. The lowest BCUT2D eigenvalue weighted by molar-refractivity contribution is 0.0169. The van der Waals surface area contributed by atoms with Crippen LogP contribution in [0.3, 0.4) is 0 Å². The van der Waals surface area contributed by atoms with Crippen LogP contribution in [0.4, 0.5) is 0 Å². The van der Waals surface area contributed by atoms with Gasteiger partial charge in [0.1, 0.15) is 12.4 Å².